The number of H-pyrrole nitrogens is 1. The minimum absolute atomic E-state index is 0.206. The van der Waals surface area contributed by atoms with Gasteiger partial charge in [0.1, 0.15) is 0 Å². The molecule has 0 aromatic carbocycles. The lowest BCUT2D eigenvalue weighted by Gasteiger charge is -2.17. The number of hydrogen-bond donors (Lipinski definition) is 2. The van der Waals surface area contributed by atoms with E-state index in [2.05, 4.69) is 16.3 Å². The first kappa shape index (κ1) is 12.4. The molecule has 0 saturated heterocycles. The van der Waals surface area contributed by atoms with Crippen molar-refractivity contribution in [1.82, 2.24) is 15.1 Å². The molecule has 0 aliphatic heterocycles. The lowest BCUT2D eigenvalue weighted by atomic mass is 10.2. The highest BCUT2D eigenvalue weighted by atomic mass is 16.2. The highest BCUT2D eigenvalue weighted by molar-refractivity contribution is 5.97. The highest BCUT2D eigenvalue weighted by Crippen LogP contribution is 2.42. The Morgan fingerprint density at radius 2 is 2.39 bits per heavy atom. The lowest BCUT2D eigenvalue weighted by molar-refractivity contribution is 0.0780. The first-order chi connectivity index (χ1) is 8.54. The van der Waals surface area contributed by atoms with Crippen molar-refractivity contribution in [3.63, 3.8) is 0 Å². The average Bonchev–Trinajstić information content (AvgIpc) is 3.12. The van der Waals surface area contributed by atoms with E-state index in [0.717, 1.165) is 18.5 Å². The number of rotatable bonds is 4. The molecule has 2 rings (SSSR count). The van der Waals surface area contributed by atoms with Crippen LogP contribution in [0.1, 0.15) is 41.9 Å². The number of aromatic amines is 1. The van der Waals surface area contributed by atoms with E-state index >= 15 is 0 Å². The molecule has 1 aromatic rings. The van der Waals surface area contributed by atoms with E-state index in [-0.39, 0.29) is 17.5 Å². The van der Waals surface area contributed by atoms with E-state index in [4.69, 9.17) is 11.0 Å². The van der Waals surface area contributed by atoms with Gasteiger partial charge in [0, 0.05) is 19.5 Å². The predicted molar refractivity (Wildman–Crippen MR) is 66.7 cm³/mol. The van der Waals surface area contributed by atoms with Gasteiger partial charge in [0.2, 0.25) is 0 Å². The summed E-state index contributed by atoms with van der Waals surface area (Å²) < 4.78 is 0. The second-order valence-electron chi connectivity index (χ2n) is 4.89. The first-order valence-electron chi connectivity index (χ1n) is 6.03. The van der Waals surface area contributed by atoms with Crippen LogP contribution in [0.15, 0.2) is 0 Å². The Labute approximate surface area is 106 Å². The second-order valence-corrected chi connectivity index (χ2v) is 4.89. The van der Waals surface area contributed by atoms with Crippen LogP contribution < -0.4 is 5.73 Å². The topological polar surface area (TPSA) is 98.8 Å². The van der Waals surface area contributed by atoms with E-state index < -0.39 is 0 Å². The number of aromatic nitrogens is 2. The van der Waals surface area contributed by atoms with Gasteiger partial charge < -0.3 is 10.6 Å². The zero-order valence-electron chi connectivity index (χ0n) is 10.6. The molecule has 0 radical (unpaired) electrons. The van der Waals surface area contributed by atoms with Crippen LogP contribution in [0.2, 0.25) is 0 Å². The van der Waals surface area contributed by atoms with Gasteiger partial charge >= 0.3 is 0 Å². The van der Waals surface area contributed by atoms with Crippen molar-refractivity contribution in [1.29, 1.82) is 5.26 Å². The van der Waals surface area contributed by atoms with Gasteiger partial charge in [-0.15, -0.1) is 0 Å². The maximum atomic E-state index is 12.1. The van der Waals surface area contributed by atoms with E-state index in [1.165, 1.54) is 4.90 Å². The standard InChI is InChI=1S/C12H17N5O/c1-7(5-13)6-17(2)12(18)11-9(14)10(15-16-11)8-3-4-8/h7-8H,3-4,6,14H2,1-2H3,(H,15,16). The summed E-state index contributed by atoms with van der Waals surface area (Å²) in [6.45, 7) is 2.15. The summed E-state index contributed by atoms with van der Waals surface area (Å²) in [6.07, 6.45) is 2.20. The van der Waals surface area contributed by atoms with Crippen molar-refractivity contribution < 1.29 is 4.79 Å². The minimum atomic E-state index is -0.238. The van der Waals surface area contributed by atoms with Gasteiger partial charge in [-0.25, -0.2) is 0 Å². The fourth-order valence-corrected chi connectivity index (χ4v) is 1.93. The number of nitrogens with two attached hydrogens (primary N) is 1. The molecule has 6 heteroatoms. The molecule has 1 heterocycles. The smallest absolute Gasteiger partial charge is 0.276 e. The highest BCUT2D eigenvalue weighted by Gasteiger charge is 2.31. The average molecular weight is 247 g/mol. The lowest BCUT2D eigenvalue weighted by Crippen LogP contribution is -2.31. The Kier molecular flexibility index (Phi) is 3.24. The number of amides is 1. The third-order valence-electron chi connectivity index (χ3n) is 3.14. The molecular formula is C12H17N5O. The summed E-state index contributed by atoms with van der Waals surface area (Å²) in [5.74, 6) is -0.0119. The molecule has 1 atom stereocenters. The van der Waals surface area contributed by atoms with Crippen LogP contribution in [-0.4, -0.2) is 34.6 Å². The molecule has 0 spiro atoms. The summed E-state index contributed by atoms with van der Waals surface area (Å²) in [5.41, 5.74) is 7.54. The van der Waals surface area contributed by atoms with E-state index in [0.29, 0.717) is 18.2 Å². The molecule has 3 N–H and O–H groups in total. The van der Waals surface area contributed by atoms with Crippen LogP contribution in [0.4, 0.5) is 5.69 Å². The third-order valence-corrected chi connectivity index (χ3v) is 3.14. The largest absolute Gasteiger partial charge is 0.395 e. The zero-order valence-corrected chi connectivity index (χ0v) is 10.6. The van der Waals surface area contributed by atoms with E-state index in [1.807, 2.05) is 0 Å². The van der Waals surface area contributed by atoms with Gasteiger partial charge in [0.05, 0.1) is 23.4 Å². The van der Waals surface area contributed by atoms with E-state index in [9.17, 15) is 4.79 Å². The molecule has 1 amide bonds. The number of nitrogen functional groups attached to an aromatic ring is 1. The summed E-state index contributed by atoms with van der Waals surface area (Å²) >= 11 is 0. The van der Waals surface area contributed by atoms with Gasteiger partial charge in [-0.05, 0) is 19.8 Å². The molecule has 1 aromatic heterocycles. The van der Waals surface area contributed by atoms with Crippen LogP contribution in [0, 0.1) is 17.2 Å². The maximum Gasteiger partial charge on any atom is 0.276 e. The number of nitrogens with one attached hydrogen (secondary N) is 1. The van der Waals surface area contributed by atoms with Gasteiger partial charge in [-0.1, -0.05) is 0 Å². The van der Waals surface area contributed by atoms with Crippen molar-refractivity contribution in [3.8, 4) is 6.07 Å². The van der Waals surface area contributed by atoms with Crippen LogP contribution >= 0.6 is 0 Å². The number of nitriles is 1. The monoisotopic (exact) mass is 247 g/mol. The van der Waals surface area contributed by atoms with Gasteiger partial charge in [-0.2, -0.15) is 10.4 Å². The predicted octanol–water partition coefficient (Wildman–Crippen LogP) is 1.10. The first-order valence-corrected chi connectivity index (χ1v) is 6.03. The van der Waals surface area contributed by atoms with Crippen LogP contribution in [0.5, 0.6) is 0 Å². The van der Waals surface area contributed by atoms with Gasteiger partial charge in [-0.3, -0.25) is 9.89 Å². The van der Waals surface area contributed by atoms with E-state index in [1.54, 1.807) is 14.0 Å². The van der Waals surface area contributed by atoms with Crippen molar-refractivity contribution in [2.45, 2.75) is 25.7 Å². The van der Waals surface area contributed by atoms with Crippen molar-refractivity contribution in [2.24, 2.45) is 5.92 Å². The SMILES string of the molecule is CC(C#N)CN(C)C(=O)c1n[nH]c(C2CC2)c1N. The molecule has 1 aliphatic carbocycles. The van der Waals surface area contributed by atoms with Gasteiger partial charge in [0.25, 0.3) is 5.91 Å². The Hall–Kier alpha value is -2.03. The van der Waals surface area contributed by atoms with Crippen molar-refractivity contribution in [3.05, 3.63) is 11.4 Å². The molecule has 18 heavy (non-hydrogen) atoms. The molecule has 1 unspecified atom stereocenters. The molecular weight excluding hydrogens is 230 g/mol. The molecule has 1 aliphatic rings. The molecule has 96 valence electrons. The number of anilines is 1. The van der Waals surface area contributed by atoms with Crippen LogP contribution in [0.25, 0.3) is 0 Å². The quantitative estimate of drug-likeness (QED) is 0.832. The number of carbonyl (C=O) groups is 1. The Bertz CT molecular complexity index is 497. The van der Waals surface area contributed by atoms with Crippen LogP contribution in [-0.2, 0) is 0 Å². The Balaban J connectivity index is 2.11. The van der Waals surface area contributed by atoms with Crippen molar-refractivity contribution in [2.75, 3.05) is 19.3 Å². The fourth-order valence-electron chi connectivity index (χ4n) is 1.93. The second kappa shape index (κ2) is 4.69. The Morgan fingerprint density at radius 3 is 2.94 bits per heavy atom. The van der Waals surface area contributed by atoms with Crippen molar-refractivity contribution >= 4 is 11.6 Å². The van der Waals surface area contributed by atoms with Crippen LogP contribution in [0.3, 0.4) is 0 Å². The molecule has 6 nitrogen and oxygen atoms in total. The normalized spacial score (nSPS) is 16.1. The third kappa shape index (κ3) is 2.30. The molecule has 1 saturated carbocycles. The summed E-state index contributed by atoms with van der Waals surface area (Å²) in [6, 6.07) is 2.10. The summed E-state index contributed by atoms with van der Waals surface area (Å²) in [5, 5.41) is 15.6. The summed E-state index contributed by atoms with van der Waals surface area (Å²) in [7, 11) is 1.65. The summed E-state index contributed by atoms with van der Waals surface area (Å²) in [4.78, 5) is 13.6. The molecule has 1 fully saturated rings. The number of hydrogen-bond acceptors (Lipinski definition) is 4. The number of nitrogens with zero attached hydrogens (tertiary/aromatic N) is 3. The minimum Gasteiger partial charge on any atom is -0.395 e. The zero-order chi connectivity index (χ0) is 13.3. The molecule has 0 bridgehead atoms. The Morgan fingerprint density at radius 1 is 1.72 bits per heavy atom. The maximum absolute atomic E-state index is 12.1. The fraction of sp³-hybridized carbons (Fsp3) is 0.583. The number of carbonyl (C=O) groups excluding carboxylic acids is 1. The van der Waals surface area contributed by atoms with Gasteiger partial charge in [0.15, 0.2) is 5.69 Å².